The fourth-order valence-corrected chi connectivity index (χ4v) is 4.08. The third kappa shape index (κ3) is 5.50. The lowest BCUT2D eigenvalue weighted by molar-refractivity contribution is 0.00578. The number of carbonyl (C=O) groups excluding carboxylic acids is 2. The van der Waals surface area contributed by atoms with Crippen molar-refractivity contribution in [2.75, 3.05) is 0 Å². The van der Waals surface area contributed by atoms with Crippen LogP contribution in [-0.4, -0.2) is 30.3 Å². The summed E-state index contributed by atoms with van der Waals surface area (Å²) in [6.45, 7) is 7.99. The van der Waals surface area contributed by atoms with Crippen LogP contribution in [0, 0.1) is 0 Å². The van der Waals surface area contributed by atoms with Crippen molar-refractivity contribution in [3.63, 3.8) is 0 Å². The topological polar surface area (TPSA) is 101 Å². The van der Waals surface area contributed by atoms with E-state index in [0.29, 0.717) is 5.39 Å². The summed E-state index contributed by atoms with van der Waals surface area (Å²) in [7, 11) is -0.483. The second kappa shape index (κ2) is 10.2. The van der Waals surface area contributed by atoms with Crippen LogP contribution < -0.4 is 15.8 Å². The first kappa shape index (κ1) is 26.4. The van der Waals surface area contributed by atoms with Crippen molar-refractivity contribution in [3.8, 4) is 5.75 Å². The number of hydrogen-bond donors (Lipinski definition) is 0. The molecule has 198 valence electrons. The highest BCUT2D eigenvalue weighted by atomic mass is 16.7. The Morgan fingerprint density at radius 2 is 1.41 bits per heavy atom. The van der Waals surface area contributed by atoms with Crippen LogP contribution in [0.2, 0.25) is 0 Å². The van der Waals surface area contributed by atoms with E-state index in [1.807, 2.05) is 52.0 Å². The number of rotatable bonds is 6. The van der Waals surface area contributed by atoms with E-state index < -0.39 is 35.9 Å². The van der Waals surface area contributed by atoms with Crippen LogP contribution in [0.15, 0.2) is 88.1 Å². The standard InChI is InChI=1S/C30H27BO8/c1-29(2)30(3,4)39-31(38-29)21-13-9-19(10-14-21)18-35-27(33)23-7-5-6-8-24(23)28(34)36-22-15-11-20-12-16-26(32)37-25(20)17-22/h5-17H,18H2,1-4H3. The molecule has 0 amide bonds. The van der Waals surface area contributed by atoms with E-state index in [9.17, 15) is 14.4 Å². The summed E-state index contributed by atoms with van der Waals surface area (Å²) in [6.07, 6.45) is 0. The third-order valence-corrected chi connectivity index (χ3v) is 7.05. The fourth-order valence-electron chi connectivity index (χ4n) is 4.08. The molecule has 9 heteroatoms. The molecule has 1 aromatic heterocycles. The Hall–Kier alpha value is -4.21. The molecule has 0 saturated carbocycles. The zero-order valence-electron chi connectivity index (χ0n) is 22.1. The lowest BCUT2D eigenvalue weighted by atomic mass is 9.79. The molecule has 0 aliphatic carbocycles. The van der Waals surface area contributed by atoms with E-state index in [1.54, 1.807) is 30.3 Å². The molecular formula is C30H27BO8. The molecule has 5 rings (SSSR count). The zero-order valence-corrected chi connectivity index (χ0v) is 22.1. The predicted molar refractivity (Wildman–Crippen MR) is 145 cm³/mol. The Kier molecular flexibility index (Phi) is 6.88. The normalized spacial score (nSPS) is 15.7. The Bertz CT molecular complexity index is 1590. The van der Waals surface area contributed by atoms with Crippen molar-refractivity contribution in [3.05, 3.63) is 106 Å². The lowest BCUT2D eigenvalue weighted by Crippen LogP contribution is -2.41. The van der Waals surface area contributed by atoms with Gasteiger partial charge in [0, 0.05) is 17.5 Å². The highest BCUT2D eigenvalue weighted by molar-refractivity contribution is 6.62. The summed E-state index contributed by atoms with van der Waals surface area (Å²) >= 11 is 0. The first-order valence-corrected chi connectivity index (χ1v) is 12.5. The van der Waals surface area contributed by atoms with Crippen molar-refractivity contribution in [2.24, 2.45) is 0 Å². The molecule has 3 aromatic carbocycles. The maximum absolute atomic E-state index is 12.9. The monoisotopic (exact) mass is 526 g/mol. The molecule has 0 atom stereocenters. The highest BCUT2D eigenvalue weighted by Crippen LogP contribution is 2.36. The Labute approximate surface area is 225 Å². The number of carbonyl (C=O) groups is 2. The first-order valence-electron chi connectivity index (χ1n) is 12.5. The number of ether oxygens (including phenoxy) is 2. The fraction of sp³-hybridized carbons (Fsp3) is 0.233. The molecule has 2 heterocycles. The van der Waals surface area contributed by atoms with Gasteiger partial charge >= 0.3 is 24.7 Å². The second-order valence-corrected chi connectivity index (χ2v) is 10.3. The van der Waals surface area contributed by atoms with Gasteiger partial charge in [-0.25, -0.2) is 14.4 Å². The molecular weight excluding hydrogens is 499 g/mol. The minimum Gasteiger partial charge on any atom is -0.457 e. The van der Waals surface area contributed by atoms with Crippen LogP contribution >= 0.6 is 0 Å². The van der Waals surface area contributed by atoms with Gasteiger partial charge in [-0.05, 0) is 69.1 Å². The van der Waals surface area contributed by atoms with Gasteiger partial charge in [0.2, 0.25) is 0 Å². The van der Waals surface area contributed by atoms with Gasteiger partial charge in [-0.15, -0.1) is 0 Å². The summed E-state index contributed by atoms with van der Waals surface area (Å²) in [5.41, 5.74) is 0.643. The van der Waals surface area contributed by atoms with Gasteiger partial charge in [0.05, 0.1) is 22.3 Å². The number of hydrogen-bond acceptors (Lipinski definition) is 8. The smallest absolute Gasteiger partial charge is 0.457 e. The molecule has 0 radical (unpaired) electrons. The molecule has 0 bridgehead atoms. The van der Waals surface area contributed by atoms with Crippen molar-refractivity contribution in [2.45, 2.75) is 45.5 Å². The van der Waals surface area contributed by atoms with E-state index >= 15 is 0 Å². The van der Waals surface area contributed by atoms with Gasteiger partial charge in [-0.1, -0.05) is 36.4 Å². The van der Waals surface area contributed by atoms with Gasteiger partial charge in [0.15, 0.2) is 0 Å². The van der Waals surface area contributed by atoms with E-state index in [-0.39, 0.29) is 29.1 Å². The molecule has 0 unspecified atom stereocenters. The number of benzene rings is 3. The summed E-state index contributed by atoms with van der Waals surface area (Å²) in [5, 5.41) is 0.683. The van der Waals surface area contributed by atoms with Crippen LogP contribution in [0.25, 0.3) is 11.0 Å². The van der Waals surface area contributed by atoms with Crippen LogP contribution in [-0.2, 0) is 20.7 Å². The molecule has 0 N–H and O–H groups in total. The maximum atomic E-state index is 12.9. The molecule has 8 nitrogen and oxygen atoms in total. The van der Waals surface area contributed by atoms with Crippen molar-refractivity contribution < 1.29 is 32.8 Å². The van der Waals surface area contributed by atoms with E-state index in [0.717, 1.165) is 11.0 Å². The van der Waals surface area contributed by atoms with Crippen molar-refractivity contribution in [1.29, 1.82) is 0 Å². The lowest BCUT2D eigenvalue weighted by Gasteiger charge is -2.32. The van der Waals surface area contributed by atoms with Gasteiger partial charge in [-0.3, -0.25) is 0 Å². The highest BCUT2D eigenvalue weighted by Gasteiger charge is 2.51. The van der Waals surface area contributed by atoms with Crippen LogP contribution in [0.5, 0.6) is 5.75 Å². The minimum atomic E-state index is -0.744. The van der Waals surface area contributed by atoms with Gasteiger partial charge in [-0.2, -0.15) is 0 Å². The first-order chi connectivity index (χ1) is 18.5. The molecule has 1 aliphatic rings. The largest absolute Gasteiger partial charge is 0.494 e. The van der Waals surface area contributed by atoms with Gasteiger partial charge < -0.3 is 23.2 Å². The molecule has 1 fully saturated rings. The predicted octanol–water partition coefficient (Wildman–Crippen LogP) is 4.67. The van der Waals surface area contributed by atoms with Crippen LogP contribution in [0.3, 0.4) is 0 Å². The summed E-state index contributed by atoms with van der Waals surface area (Å²) < 4.78 is 28.3. The molecule has 0 spiro atoms. The van der Waals surface area contributed by atoms with Crippen molar-refractivity contribution >= 4 is 35.5 Å². The Morgan fingerprint density at radius 1 is 0.795 bits per heavy atom. The molecule has 1 saturated heterocycles. The van der Waals surface area contributed by atoms with E-state index in [4.69, 9.17) is 23.2 Å². The van der Waals surface area contributed by atoms with Gasteiger partial charge in [0.1, 0.15) is 17.9 Å². The molecule has 1 aliphatic heterocycles. The van der Waals surface area contributed by atoms with Crippen LogP contribution in [0.4, 0.5) is 0 Å². The maximum Gasteiger partial charge on any atom is 0.494 e. The SMILES string of the molecule is CC1(C)OB(c2ccc(COC(=O)c3ccccc3C(=O)Oc3ccc4ccc(=O)oc4c3)cc2)OC1(C)C. The average molecular weight is 526 g/mol. The molecule has 39 heavy (non-hydrogen) atoms. The Balaban J connectivity index is 1.24. The van der Waals surface area contributed by atoms with E-state index in [2.05, 4.69) is 0 Å². The second-order valence-electron chi connectivity index (χ2n) is 10.3. The summed E-state index contributed by atoms with van der Waals surface area (Å²) in [5.74, 6) is -1.24. The zero-order chi connectivity index (χ0) is 27.8. The third-order valence-electron chi connectivity index (χ3n) is 7.05. The summed E-state index contributed by atoms with van der Waals surface area (Å²) in [6, 6.07) is 21.3. The quantitative estimate of drug-likeness (QED) is 0.155. The summed E-state index contributed by atoms with van der Waals surface area (Å²) in [4.78, 5) is 37.3. The Morgan fingerprint density at radius 3 is 2.08 bits per heavy atom. The number of esters is 2. The van der Waals surface area contributed by atoms with E-state index in [1.165, 1.54) is 24.3 Å². The van der Waals surface area contributed by atoms with Crippen molar-refractivity contribution in [1.82, 2.24) is 0 Å². The average Bonchev–Trinajstić information content (AvgIpc) is 3.13. The minimum absolute atomic E-state index is 0.00949. The van der Waals surface area contributed by atoms with Gasteiger partial charge in [0.25, 0.3) is 0 Å². The van der Waals surface area contributed by atoms with Crippen LogP contribution in [0.1, 0.15) is 54.0 Å². The molecule has 4 aromatic rings. The number of fused-ring (bicyclic) bond motifs is 1.